The summed E-state index contributed by atoms with van der Waals surface area (Å²) in [6.45, 7) is 0.475. The third-order valence-corrected chi connectivity index (χ3v) is 6.78. The third-order valence-electron chi connectivity index (χ3n) is 5.24. The number of urea groups is 1. The molecule has 0 spiro atoms. The average molecular weight is 433 g/mol. The molecule has 1 aromatic heterocycles. The van der Waals surface area contributed by atoms with Gasteiger partial charge in [-0.05, 0) is 61.1 Å². The Morgan fingerprint density at radius 2 is 1.97 bits per heavy atom. The zero-order valence-corrected chi connectivity index (χ0v) is 17.6. The number of aliphatic hydroxyl groups is 1. The number of aromatic nitrogens is 1. The molecule has 0 bridgehead atoms. The monoisotopic (exact) mass is 432 g/mol. The van der Waals surface area contributed by atoms with Gasteiger partial charge in [0, 0.05) is 37.3 Å². The first-order valence-electron chi connectivity index (χ1n) is 10.1. The lowest BCUT2D eigenvalue weighted by atomic mass is 9.84. The molecule has 162 valence electrons. The van der Waals surface area contributed by atoms with Crippen LogP contribution < -0.4 is 15.4 Å². The predicted octanol–water partition coefficient (Wildman–Crippen LogP) is 2.62. The summed E-state index contributed by atoms with van der Waals surface area (Å²) in [4.78, 5) is 16.2. The minimum Gasteiger partial charge on any atom is -0.396 e. The van der Waals surface area contributed by atoms with Crippen molar-refractivity contribution in [3.05, 3.63) is 54.4 Å². The standard InChI is InChI=1S/C21H28N4O4S/c26-12-10-16-3-1-5-19(13-16)25-30(28,29)20-8-6-18(7-9-20)24-21(27)23-15-17-4-2-11-22-14-17/h2,4,6-9,11,14,16,19,25-26H,1,3,5,10,12-13,15H2,(H2,23,24,27). The van der Waals surface area contributed by atoms with Gasteiger partial charge in [-0.2, -0.15) is 0 Å². The van der Waals surface area contributed by atoms with Crippen molar-refractivity contribution in [2.45, 2.75) is 49.6 Å². The fourth-order valence-electron chi connectivity index (χ4n) is 3.71. The van der Waals surface area contributed by atoms with E-state index < -0.39 is 10.0 Å². The number of hydrogen-bond donors (Lipinski definition) is 4. The Morgan fingerprint density at radius 3 is 2.67 bits per heavy atom. The SMILES string of the molecule is O=C(NCc1cccnc1)Nc1ccc(S(=O)(=O)NC2CCCC(CCO)C2)cc1. The van der Waals surface area contributed by atoms with Crippen molar-refractivity contribution in [1.82, 2.24) is 15.0 Å². The summed E-state index contributed by atoms with van der Waals surface area (Å²) in [5.74, 6) is 0.355. The van der Waals surface area contributed by atoms with E-state index in [1.165, 1.54) is 12.1 Å². The van der Waals surface area contributed by atoms with E-state index in [0.717, 1.165) is 31.2 Å². The highest BCUT2D eigenvalue weighted by molar-refractivity contribution is 7.89. The van der Waals surface area contributed by atoms with Crippen LogP contribution in [-0.2, 0) is 16.6 Å². The van der Waals surface area contributed by atoms with E-state index in [4.69, 9.17) is 5.11 Å². The molecular weight excluding hydrogens is 404 g/mol. The Hall–Kier alpha value is -2.49. The van der Waals surface area contributed by atoms with Gasteiger partial charge >= 0.3 is 6.03 Å². The molecule has 1 heterocycles. The van der Waals surface area contributed by atoms with Crippen molar-refractivity contribution in [3.8, 4) is 0 Å². The summed E-state index contributed by atoms with van der Waals surface area (Å²) < 4.78 is 28.2. The summed E-state index contributed by atoms with van der Waals surface area (Å²) in [6, 6.07) is 9.24. The van der Waals surface area contributed by atoms with E-state index >= 15 is 0 Å². The molecule has 0 saturated heterocycles. The number of aliphatic hydroxyl groups excluding tert-OH is 1. The topological polar surface area (TPSA) is 120 Å². The van der Waals surface area contributed by atoms with Gasteiger partial charge in [-0.25, -0.2) is 17.9 Å². The number of carbonyl (C=O) groups excluding carboxylic acids is 1. The highest BCUT2D eigenvalue weighted by Gasteiger charge is 2.26. The van der Waals surface area contributed by atoms with Crippen LogP contribution in [0.4, 0.5) is 10.5 Å². The minimum atomic E-state index is -3.64. The number of sulfonamides is 1. The van der Waals surface area contributed by atoms with Crippen LogP contribution in [0.1, 0.15) is 37.7 Å². The van der Waals surface area contributed by atoms with Crippen LogP contribution in [0.25, 0.3) is 0 Å². The normalized spacial score (nSPS) is 19.2. The minimum absolute atomic E-state index is 0.114. The van der Waals surface area contributed by atoms with Crippen molar-refractivity contribution in [1.29, 1.82) is 0 Å². The first-order chi connectivity index (χ1) is 14.5. The summed E-state index contributed by atoms with van der Waals surface area (Å²) in [6.07, 6.45) is 7.58. The largest absolute Gasteiger partial charge is 0.396 e. The molecule has 2 amide bonds. The zero-order chi connectivity index (χ0) is 21.4. The van der Waals surface area contributed by atoms with Gasteiger partial charge in [0.1, 0.15) is 0 Å². The van der Waals surface area contributed by atoms with Crippen LogP contribution in [0.15, 0.2) is 53.7 Å². The lowest BCUT2D eigenvalue weighted by molar-refractivity contribution is 0.217. The van der Waals surface area contributed by atoms with Crippen LogP contribution in [0, 0.1) is 5.92 Å². The van der Waals surface area contributed by atoms with E-state index in [1.807, 2.05) is 6.07 Å². The summed E-state index contributed by atoms with van der Waals surface area (Å²) in [5, 5.41) is 14.5. The summed E-state index contributed by atoms with van der Waals surface area (Å²) in [5.41, 5.74) is 1.38. The van der Waals surface area contributed by atoms with Gasteiger partial charge in [0.15, 0.2) is 0 Å². The number of rotatable bonds is 8. The zero-order valence-electron chi connectivity index (χ0n) is 16.8. The van der Waals surface area contributed by atoms with Crippen molar-refractivity contribution < 1.29 is 18.3 Å². The number of carbonyl (C=O) groups is 1. The van der Waals surface area contributed by atoms with Gasteiger partial charge in [0.2, 0.25) is 10.0 Å². The highest BCUT2D eigenvalue weighted by atomic mass is 32.2. The fraction of sp³-hybridized carbons (Fsp3) is 0.429. The smallest absolute Gasteiger partial charge is 0.319 e. The molecule has 1 aliphatic rings. The Bertz CT molecular complexity index is 918. The number of amides is 2. The van der Waals surface area contributed by atoms with Gasteiger partial charge in [-0.3, -0.25) is 4.98 Å². The molecule has 1 aliphatic carbocycles. The molecule has 0 aliphatic heterocycles. The number of nitrogens with one attached hydrogen (secondary N) is 3. The molecule has 30 heavy (non-hydrogen) atoms. The van der Waals surface area contributed by atoms with Crippen molar-refractivity contribution in [3.63, 3.8) is 0 Å². The Labute approximate surface area is 177 Å². The molecule has 1 saturated carbocycles. The summed E-state index contributed by atoms with van der Waals surface area (Å²) in [7, 11) is -3.64. The third kappa shape index (κ3) is 6.51. The highest BCUT2D eigenvalue weighted by Crippen LogP contribution is 2.27. The molecule has 1 fully saturated rings. The molecule has 3 rings (SSSR count). The van der Waals surface area contributed by atoms with Gasteiger partial charge in [0.05, 0.1) is 4.90 Å². The molecule has 0 radical (unpaired) electrons. The number of benzene rings is 1. The molecule has 8 nitrogen and oxygen atoms in total. The van der Waals surface area contributed by atoms with Gasteiger partial charge < -0.3 is 15.7 Å². The molecule has 2 unspecified atom stereocenters. The second-order valence-corrected chi connectivity index (χ2v) is 9.27. The van der Waals surface area contributed by atoms with Gasteiger partial charge in [-0.15, -0.1) is 0 Å². The number of pyridine rings is 1. The van der Waals surface area contributed by atoms with Crippen molar-refractivity contribution in [2.75, 3.05) is 11.9 Å². The van der Waals surface area contributed by atoms with Gasteiger partial charge in [-0.1, -0.05) is 18.9 Å². The van der Waals surface area contributed by atoms with Gasteiger partial charge in [0.25, 0.3) is 0 Å². The number of hydrogen-bond acceptors (Lipinski definition) is 5. The first-order valence-corrected chi connectivity index (χ1v) is 11.6. The average Bonchev–Trinajstić information content (AvgIpc) is 2.74. The van der Waals surface area contributed by atoms with Crippen molar-refractivity contribution in [2.24, 2.45) is 5.92 Å². The van der Waals surface area contributed by atoms with Crippen molar-refractivity contribution >= 4 is 21.7 Å². The molecule has 1 aromatic carbocycles. The van der Waals surface area contributed by atoms with Crippen LogP contribution in [0.5, 0.6) is 0 Å². The summed E-state index contributed by atoms with van der Waals surface area (Å²) >= 11 is 0. The molecule has 2 aromatic rings. The van der Waals surface area contributed by atoms with E-state index in [-0.39, 0.29) is 23.6 Å². The van der Waals surface area contributed by atoms with E-state index in [0.29, 0.717) is 24.6 Å². The van der Waals surface area contributed by atoms with E-state index in [2.05, 4.69) is 20.3 Å². The molecule has 2 atom stereocenters. The molecule has 4 N–H and O–H groups in total. The maximum Gasteiger partial charge on any atom is 0.319 e. The second kappa shape index (κ2) is 10.5. The van der Waals surface area contributed by atoms with E-state index in [1.54, 1.807) is 30.6 Å². The molecular formula is C21H28N4O4S. The predicted molar refractivity (Wildman–Crippen MR) is 114 cm³/mol. The Kier molecular flexibility index (Phi) is 7.78. The maximum atomic E-state index is 12.7. The second-order valence-electron chi connectivity index (χ2n) is 7.56. The lowest BCUT2D eigenvalue weighted by Gasteiger charge is -2.29. The Balaban J connectivity index is 1.53. The lowest BCUT2D eigenvalue weighted by Crippen LogP contribution is -2.38. The number of nitrogens with zero attached hydrogens (tertiary/aromatic N) is 1. The Morgan fingerprint density at radius 1 is 1.17 bits per heavy atom. The van der Waals surface area contributed by atoms with E-state index in [9.17, 15) is 13.2 Å². The maximum absolute atomic E-state index is 12.7. The first kappa shape index (κ1) is 22.2. The molecule has 9 heteroatoms. The van der Waals surface area contributed by atoms with Crippen LogP contribution >= 0.6 is 0 Å². The van der Waals surface area contributed by atoms with Crippen LogP contribution in [0.3, 0.4) is 0 Å². The fourth-order valence-corrected chi connectivity index (χ4v) is 4.99. The van der Waals surface area contributed by atoms with Crippen LogP contribution in [-0.4, -0.2) is 37.2 Å². The van der Waals surface area contributed by atoms with Crippen LogP contribution in [0.2, 0.25) is 0 Å². The number of anilines is 1. The quantitative estimate of drug-likeness (QED) is 0.511.